The monoisotopic (exact) mass is 468 g/mol. The van der Waals surface area contributed by atoms with Gasteiger partial charge >= 0.3 is 0 Å². The first-order chi connectivity index (χ1) is 15.0. The number of carbonyl (C=O) groups is 1. The minimum absolute atomic E-state index is 0.0141. The second-order valence-corrected chi connectivity index (χ2v) is 11.7. The summed E-state index contributed by atoms with van der Waals surface area (Å²) in [6.45, 7) is 6.59. The first kappa shape index (κ1) is 22.2. The number of hydrogen-bond acceptors (Lipinski definition) is 6. The van der Waals surface area contributed by atoms with Crippen LogP contribution in [0.4, 0.5) is 5.13 Å². The van der Waals surface area contributed by atoms with E-state index in [2.05, 4.69) is 25.8 Å². The van der Waals surface area contributed by atoms with Gasteiger partial charge in [0.1, 0.15) is 5.76 Å². The molecule has 0 saturated heterocycles. The predicted molar refractivity (Wildman–Crippen MR) is 127 cm³/mol. The van der Waals surface area contributed by atoms with Gasteiger partial charge in [-0.15, -0.1) is 0 Å². The molecule has 0 unspecified atom stereocenters. The molecule has 0 aliphatic rings. The second-order valence-electron chi connectivity index (χ2n) is 8.70. The van der Waals surface area contributed by atoms with Crippen LogP contribution in [0.1, 0.15) is 42.5 Å². The Bertz CT molecular complexity index is 1360. The molecule has 0 atom stereocenters. The summed E-state index contributed by atoms with van der Waals surface area (Å²) in [5.74, 6) is 0.421. The highest BCUT2D eigenvalue weighted by atomic mass is 32.2. The first-order valence-electron chi connectivity index (χ1n) is 10.1. The van der Waals surface area contributed by atoms with Gasteiger partial charge in [0, 0.05) is 11.8 Å². The van der Waals surface area contributed by atoms with E-state index in [1.54, 1.807) is 35.4 Å². The van der Waals surface area contributed by atoms with E-state index < -0.39 is 9.84 Å². The Morgan fingerprint density at radius 2 is 1.81 bits per heavy atom. The van der Waals surface area contributed by atoms with Crippen molar-refractivity contribution < 1.29 is 17.6 Å². The van der Waals surface area contributed by atoms with Crippen LogP contribution in [0.25, 0.3) is 10.2 Å². The molecular formula is C24H24N2O4S2. The normalized spacial score (nSPS) is 12.2. The lowest BCUT2D eigenvalue weighted by molar-refractivity contribution is 0.0983. The topological polar surface area (TPSA) is 80.5 Å². The van der Waals surface area contributed by atoms with E-state index in [1.165, 1.54) is 23.7 Å². The summed E-state index contributed by atoms with van der Waals surface area (Å²) in [7, 11) is -3.34. The number of hydrogen-bond donors (Lipinski definition) is 0. The zero-order valence-electron chi connectivity index (χ0n) is 18.3. The number of amides is 1. The van der Waals surface area contributed by atoms with Gasteiger partial charge in [-0.25, -0.2) is 13.4 Å². The Kier molecular flexibility index (Phi) is 5.68. The van der Waals surface area contributed by atoms with Crippen LogP contribution in [0.15, 0.2) is 70.2 Å². The van der Waals surface area contributed by atoms with Gasteiger partial charge in [0.15, 0.2) is 15.0 Å². The second kappa shape index (κ2) is 8.18. The van der Waals surface area contributed by atoms with E-state index in [0.29, 0.717) is 26.7 Å². The third-order valence-corrected chi connectivity index (χ3v) is 7.30. The van der Waals surface area contributed by atoms with Crippen molar-refractivity contribution in [2.24, 2.45) is 0 Å². The summed E-state index contributed by atoms with van der Waals surface area (Å²) in [6, 6.07) is 16.0. The van der Waals surface area contributed by atoms with Gasteiger partial charge in [0.2, 0.25) is 0 Å². The van der Waals surface area contributed by atoms with Gasteiger partial charge < -0.3 is 4.42 Å². The van der Waals surface area contributed by atoms with Gasteiger partial charge in [-0.3, -0.25) is 9.69 Å². The SMILES string of the molecule is CC(C)(C)c1ccc(C(=O)N(Cc2ccco2)c2nc3ccc(S(C)(=O)=O)cc3s2)cc1. The third kappa shape index (κ3) is 4.61. The van der Waals surface area contributed by atoms with Crippen LogP contribution < -0.4 is 4.90 Å². The summed E-state index contributed by atoms with van der Waals surface area (Å²) in [5.41, 5.74) is 2.30. The summed E-state index contributed by atoms with van der Waals surface area (Å²) in [4.78, 5) is 19.9. The molecule has 166 valence electrons. The smallest absolute Gasteiger partial charge is 0.260 e. The number of benzene rings is 2. The van der Waals surface area contributed by atoms with Gasteiger partial charge in [0.25, 0.3) is 5.91 Å². The van der Waals surface area contributed by atoms with Crippen molar-refractivity contribution >= 4 is 42.4 Å². The minimum atomic E-state index is -3.34. The van der Waals surface area contributed by atoms with Crippen LogP contribution in [-0.4, -0.2) is 25.6 Å². The van der Waals surface area contributed by atoms with Gasteiger partial charge in [-0.2, -0.15) is 0 Å². The molecule has 0 aliphatic carbocycles. The lowest BCUT2D eigenvalue weighted by Crippen LogP contribution is -2.30. The minimum Gasteiger partial charge on any atom is -0.467 e. The Balaban J connectivity index is 1.74. The molecule has 4 aromatic rings. The average Bonchev–Trinajstić information content (AvgIpc) is 3.39. The van der Waals surface area contributed by atoms with Crippen LogP contribution in [-0.2, 0) is 21.8 Å². The zero-order valence-corrected chi connectivity index (χ0v) is 20.0. The molecule has 0 radical (unpaired) electrons. The molecule has 1 amide bonds. The molecule has 0 saturated carbocycles. The molecule has 0 aliphatic heterocycles. The van der Waals surface area contributed by atoms with Crippen molar-refractivity contribution in [2.45, 2.75) is 37.6 Å². The highest BCUT2D eigenvalue weighted by molar-refractivity contribution is 7.90. The number of anilines is 1. The molecule has 0 fully saturated rings. The maximum atomic E-state index is 13.5. The highest BCUT2D eigenvalue weighted by Crippen LogP contribution is 2.33. The summed E-state index contributed by atoms with van der Waals surface area (Å²) in [6.07, 6.45) is 2.73. The Hall–Kier alpha value is -2.97. The molecular weight excluding hydrogens is 444 g/mol. The molecule has 2 heterocycles. The maximum Gasteiger partial charge on any atom is 0.260 e. The maximum absolute atomic E-state index is 13.5. The molecule has 0 bridgehead atoms. The van der Waals surface area contributed by atoms with E-state index >= 15 is 0 Å². The standard InChI is InChI=1S/C24H24N2O4S2/c1-24(2,3)17-9-7-16(8-10-17)22(27)26(15-18-6-5-13-30-18)23-25-20-12-11-19(32(4,28)29)14-21(20)31-23/h5-14H,15H2,1-4H3. The van der Waals surface area contributed by atoms with Crippen LogP contribution in [0.2, 0.25) is 0 Å². The number of carbonyl (C=O) groups excluding carboxylic acids is 1. The Morgan fingerprint density at radius 3 is 2.41 bits per heavy atom. The van der Waals surface area contributed by atoms with Crippen LogP contribution in [0, 0.1) is 0 Å². The fourth-order valence-electron chi connectivity index (χ4n) is 3.29. The van der Waals surface area contributed by atoms with Crippen LogP contribution in [0.5, 0.6) is 0 Å². The number of thiazole rings is 1. The Morgan fingerprint density at radius 1 is 1.09 bits per heavy atom. The van der Waals surface area contributed by atoms with Crippen molar-refractivity contribution in [2.75, 3.05) is 11.2 Å². The van der Waals surface area contributed by atoms with Gasteiger partial charge in [-0.05, 0) is 53.4 Å². The average molecular weight is 469 g/mol. The molecule has 6 nitrogen and oxygen atoms in total. The molecule has 2 aromatic carbocycles. The number of rotatable bonds is 5. The number of furan rings is 1. The van der Waals surface area contributed by atoms with E-state index in [9.17, 15) is 13.2 Å². The molecule has 2 aromatic heterocycles. The first-order valence-corrected chi connectivity index (χ1v) is 12.8. The van der Waals surface area contributed by atoms with Gasteiger partial charge in [-0.1, -0.05) is 44.2 Å². The van der Waals surface area contributed by atoms with E-state index in [1.807, 2.05) is 24.3 Å². The summed E-state index contributed by atoms with van der Waals surface area (Å²) < 4.78 is 30.0. The van der Waals surface area contributed by atoms with Gasteiger partial charge in [0.05, 0.1) is 27.9 Å². The fourth-order valence-corrected chi connectivity index (χ4v) is 5.02. The molecule has 0 N–H and O–H groups in total. The van der Waals surface area contributed by atoms with Crippen molar-refractivity contribution in [3.63, 3.8) is 0 Å². The number of nitrogens with zero attached hydrogens (tertiary/aromatic N) is 2. The largest absolute Gasteiger partial charge is 0.467 e. The highest BCUT2D eigenvalue weighted by Gasteiger charge is 2.24. The number of fused-ring (bicyclic) bond motifs is 1. The zero-order chi connectivity index (χ0) is 23.1. The van der Waals surface area contributed by atoms with Crippen LogP contribution >= 0.6 is 11.3 Å². The molecule has 4 rings (SSSR count). The Labute approximate surface area is 191 Å². The molecule has 8 heteroatoms. The summed E-state index contributed by atoms with van der Waals surface area (Å²) in [5, 5.41) is 0.479. The lowest BCUT2D eigenvalue weighted by atomic mass is 9.86. The van der Waals surface area contributed by atoms with E-state index in [4.69, 9.17) is 4.42 Å². The van der Waals surface area contributed by atoms with Crippen molar-refractivity contribution in [3.8, 4) is 0 Å². The van der Waals surface area contributed by atoms with E-state index in [0.717, 1.165) is 5.56 Å². The van der Waals surface area contributed by atoms with Crippen molar-refractivity contribution in [1.82, 2.24) is 4.98 Å². The molecule has 32 heavy (non-hydrogen) atoms. The number of aromatic nitrogens is 1. The third-order valence-electron chi connectivity index (χ3n) is 5.14. The molecule has 0 spiro atoms. The van der Waals surface area contributed by atoms with E-state index in [-0.39, 0.29) is 22.8 Å². The summed E-state index contributed by atoms with van der Waals surface area (Å²) >= 11 is 1.28. The van der Waals surface area contributed by atoms with Crippen molar-refractivity contribution in [1.29, 1.82) is 0 Å². The predicted octanol–water partition coefficient (Wildman–Crippen LogP) is 5.44. The fraction of sp³-hybridized carbons (Fsp3) is 0.250. The van der Waals surface area contributed by atoms with Crippen molar-refractivity contribution in [3.05, 3.63) is 77.7 Å². The van der Waals surface area contributed by atoms with Crippen LogP contribution in [0.3, 0.4) is 0 Å². The number of sulfone groups is 1. The lowest BCUT2D eigenvalue weighted by Gasteiger charge is -2.21. The quantitative estimate of drug-likeness (QED) is 0.390.